The lowest BCUT2D eigenvalue weighted by Gasteiger charge is -2.09. The van der Waals surface area contributed by atoms with Crippen molar-refractivity contribution >= 4 is 29.8 Å². The fourth-order valence-corrected chi connectivity index (χ4v) is 3.26. The third-order valence-corrected chi connectivity index (χ3v) is 5.27. The predicted octanol–water partition coefficient (Wildman–Crippen LogP) is 4.41. The topological polar surface area (TPSA) is 163 Å². The minimum Gasteiger partial charge on any atom is -0.494 e. The molecule has 0 aliphatic heterocycles. The van der Waals surface area contributed by atoms with Gasteiger partial charge >= 0.3 is 29.8 Å². The minimum atomic E-state index is -1.50. The predicted molar refractivity (Wildman–Crippen MR) is 139 cm³/mol. The number of unbranched alkanes of at least 4 members (excludes halogenated alkanes) is 1. The molecule has 11 heteroatoms. The number of rotatable bonds is 13. The van der Waals surface area contributed by atoms with E-state index in [2.05, 4.69) is 6.58 Å². The van der Waals surface area contributed by atoms with Crippen molar-refractivity contribution < 1.29 is 53.1 Å². The summed E-state index contributed by atoms with van der Waals surface area (Å²) < 4.78 is 21.0. The Balaban J connectivity index is 1.50. The van der Waals surface area contributed by atoms with Crippen molar-refractivity contribution in [2.45, 2.75) is 12.8 Å². The van der Waals surface area contributed by atoms with Gasteiger partial charge in [0.1, 0.15) is 17.2 Å². The zero-order chi connectivity index (χ0) is 29.1. The van der Waals surface area contributed by atoms with Crippen LogP contribution in [0.5, 0.6) is 17.2 Å². The van der Waals surface area contributed by atoms with Gasteiger partial charge < -0.3 is 29.2 Å². The van der Waals surface area contributed by atoms with E-state index in [0.29, 0.717) is 25.2 Å². The van der Waals surface area contributed by atoms with Crippen LogP contribution in [0.2, 0.25) is 0 Å². The van der Waals surface area contributed by atoms with Crippen LogP contribution in [0.3, 0.4) is 0 Å². The van der Waals surface area contributed by atoms with E-state index in [1.165, 1.54) is 24.3 Å². The standard InChI is InChI=1S/C29H24O11/c1-2-25(30)38-16-4-3-15-37-20-8-5-18(6-9-20)28(35)39-21-10-12-22(13-11-21)40-29(36)19-7-14-23(26(31)32)24(17-19)27(33)34/h2,5-14,17H,1,3-4,15-16H2,(H,31,32)(H,33,34). The highest BCUT2D eigenvalue weighted by molar-refractivity contribution is 6.04. The maximum absolute atomic E-state index is 12.5. The number of carboxylic acid groups (broad SMARTS) is 2. The van der Waals surface area contributed by atoms with E-state index in [9.17, 15) is 29.1 Å². The highest BCUT2D eigenvalue weighted by Crippen LogP contribution is 2.21. The third-order valence-electron chi connectivity index (χ3n) is 5.27. The van der Waals surface area contributed by atoms with Crippen LogP contribution in [0.4, 0.5) is 0 Å². The molecule has 0 saturated heterocycles. The first-order valence-electron chi connectivity index (χ1n) is 11.8. The highest BCUT2D eigenvalue weighted by atomic mass is 16.5. The summed E-state index contributed by atoms with van der Waals surface area (Å²) in [5.41, 5.74) is -0.886. The summed E-state index contributed by atoms with van der Waals surface area (Å²) in [5, 5.41) is 18.3. The molecule has 0 radical (unpaired) electrons. The number of esters is 3. The molecular weight excluding hydrogens is 524 g/mol. The van der Waals surface area contributed by atoms with Crippen molar-refractivity contribution in [3.05, 3.63) is 102 Å². The average molecular weight is 549 g/mol. The largest absolute Gasteiger partial charge is 0.494 e. The first-order valence-corrected chi connectivity index (χ1v) is 11.8. The Morgan fingerprint density at radius 1 is 0.650 bits per heavy atom. The van der Waals surface area contributed by atoms with Gasteiger partial charge in [-0.1, -0.05) is 6.58 Å². The van der Waals surface area contributed by atoms with Crippen molar-refractivity contribution in [1.29, 1.82) is 0 Å². The number of ether oxygens (including phenoxy) is 4. The lowest BCUT2D eigenvalue weighted by molar-refractivity contribution is -0.137. The molecule has 3 aromatic rings. The third kappa shape index (κ3) is 8.28. The highest BCUT2D eigenvalue weighted by Gasteiger charge is 2.19. The number of aromatic carboxylic acids is 2. The van der Waals surface area contributed by atoms with Crippen molar-refractivity contribution in [1.82, 2.24) is 0 Å². The molecule has 0 aliphatic carbocycles. The molecule has 2 N–H and O–H groups in total. The molecule has 0 bridgehead atoms. The number of carboxylic acids is 2. The Hall–Kier alpha value is -5.45. The quantitative estimate of drug-likeness (QED) is 0.135. The normalized spacial score (nSPS) is 10.2. The molecular formula is C29H24O11. The molecule has 0 aromatic heterocycles. The van der Waals surface area contributed by atoms with Crippen molar-refractivity contribution in [3.8, 4) is 17.2 Å². The van der Waals surface area contributed by atoms with Gasteiger partial charge in [0.05, 0.1) is 35.5 Å². The van der Waals surface area contributed by atoms with E-state index >= 15 is 0 Å². The van der Waals surface area contributed by atoms with E-state index in [-0.39, 0.29) is 29.2 Å². The Kier molecular flexibility index (Phi) is 10.1. The second-order valence-electron chi connectivity index (χ2n) is 8.07. The molecule has 3 aromatic carbocycles. The SMILES string of the molecule is C=CC(=O)OCCCCOc1ccc(C(=O)Oc2ccc(OC(=O)c3ccc(C(=O)O)c(C(=O)O)c3)cc2)cc1. The summed E-state index contributed by atoms with van der Waals surface area (Å²) in [6, 6.07) is 15.0. The first kappa shape index (κ1) is 29.1. The first-order chi connectivity index (χ1) is 19.2. The molecule has 0 saturated carbocycles. The maximum atomic E-state index is 12.5. The molecule has 11 nitrogen and oxygen atoms in total. The Bertz CT molecular complexity index is 1410. The van der Waals surface area contributed by atoms with Gasteiger partial charge in [-0.3, -0.25) is 0 Å². The molecule has 3 rings (SSSR count). The van der Waals surface area contributed by atoms with Crippen LogP contribution < -0.4 is 14.2 Å². The second kappa shape index (κ2) is 13.9. The van der Waals surface area contributed by atoms with Crippen LogP contribution >= 0.6 is 0 Å². The van der Waals surface area contributed by atoms with Gasteiger partial charge in [-0.05, 0) is 79.6 Å². The molecule has 0 amide bonds. The molecule has 0 unspecified atom stereocenters. The minimum absolute atomic E-state index is 0.0874. The van der Waals surface area contributed by atoms with Crippen molar-refractivity contribution in [2.24, 2.45) is 0 Å². The van der Waals surface area contributed by atoms with Crippen LogP contribution in [0.15, 0.2) is 79.4 Å². The zero-order valence-corrected chi connectivity index (χ0v) is 21.0. The summed E-state index contributed by atoms with van der Waals surface area (Å²) in [6.07, 6.45) is 2.40. The molecule has 0 spiro atoms. The van der Waals surface area contributed by atoms with Gasteiger partial charge in [0.15, 0.2) is 0 Å². The summed E-state index contributed by atoms with van der Waals surface area (Å²) in [6.45, 7) is 4.00. The number of hydrogen-bond donors (Lipinski definition) is 2. The fourth-order valence-electron chi connectivity index (χ4n) is 3.26. The summed E-state index contributed by atoms with van der Waals surface area (Å²) in [5.74, 6) is -4.11. The maximum Gasteiger partial charge on any atom is 0.343 e. The fraction of sp³-hybridized carbons (Fsp3) is 0.138. The van der Waals surface area contributed by atoms with Gasteiger partial charge in [-0.2, -0.15) is 0 Å². The second-order valence-corrected chi connectivity index (χ2v) is 8.07. The van der Waals surface area contributed by atoms with Crippen molar-refractivity contribution in [2.75, 3.05) is 13.2 Å². The van der Waals surface area contributed by atoms with Gasteiger partial charge in [-0.25, -0.2) is 24.0 Å². The molecule has 0 heterocycles. The van der Waals surface area contributed by atoms with Crippen LogP contribution in [0.25, 0.3) is 0 Å². The molecule has 0 fully saturated rings. The summed E-state index contributed by atoms with van der Waals surface area (Å²) in [4.78, 5) is 58.3. The van der Waals surface area contributed by atoms with Gasteiger partial charge in [0.25, 0.3) is 0 Å². The zero-order valence-electron chi connectivity index (χ0n) is 21.0. The molecule has 206 valence electrons. The van der Waals surface area contributed by atoms with Crippen LogP contribution in [-0.4, -0.2) is 53.3 Å². The Morgan fingerprint density at radius 2 is 1.15 bits per heavy atom. The monoisotopic (exact) mass is 548 g/mol. The number of hydrogen-bond acceptors (Lipinski definition) is 9. The van der Waals surface area contributed by atoms with E-state index in [0.717, 1.165) is 24.3 Å². The lowest BCUT2D eigenvalue weighted by atomic mass is 10.0. The molecule has 0 aliphatic rings. The summed E-state index contributed by atoms with van der Waals surface area (Å²) >= 11 is 0. The van der Waals surface area contributed by atoms with Crippen LogP contribution in [0, 0.1) is 0 Å². The van der Waals surface area contributed by atoms with Gasteiger partial charge in [0.2, 0.25) is 0 Å². The Labute approximate surface area is 228 Å². The molecule has 0 atom stereocenters. The summed E-state index contributed by atoms with van der Waals surface area (Å²) in [7, 11) is 0. The number of benzene rings is 3. The number of carbonyl (C=O) groups excluding carboxylic acids is 3. The van der Waals surface area contributed by atoms with E-state index in [4.69, 9.17) is 24.1 Å². The van der Waals surface area contributed by atoms with Crippen LogP contribution in [0.1, 0.15) is 54.3 Å². The number of carbonyl (C=O) groups is 5. The van der Waals surface area contributed by atoms with Gasteiger partial charge in [-0.15, -0.1) is 0 Å². The lowest BCUT2D eigenvalue weighted by Crippen LogP contribution is -2.13. The molecule has 40 heavy (non-hydrogen) atoms. The smallest absolute Gasteiger partial charge is 0.343 e. The Morgan fingerprint density at radius 3 is 1.70 bits per heavy atom. The van der Waals surface area contributed by atoms with E-state index < -0.39 is 41.0 Å². The van der Waals surface area contributed by atoms with Gasteiger partial charge in [0, 0.05) is 6.08 Å². The average Bonchev–Trinajstić information content (AvgIpc) is 2.95. The van der Waals surface area contributed by atoms with Crippen LogP contribution in [-0.2, 0) is 9.53 Å². The van der Waals surface area contributed by atoms with Crippen molar-refractivity contribution in [3.63, 3.8) is 0 Å². The van der Waals surface area contributed by atoms with E-state index in [1.807, 2.05) is 0 Å². The van der Waals surface area contributed by atoms with E-state index in [1.54, 1.807) is 24.3 Å².